The molecule has 7 heteroatoms. The van der Waals surface area contributed by atoms with Crippen molar-refractivity contribution in [3.63, 3.8) is 0 Å². The van der Waals surface area contributed by atoms with Crippen molar-refractivity contribution in [1.29, 1.82) is 0 Å². The zero-order chi connectivity index (χ0) is 15.4. The van der Waals surface area contributed by atoms with Crippen LogP contribution < -0.4 is 10.6 Å². The minimum absolute atomic E-state index is 0.183. The summed E-state index contributed by atoms with van der Waals surface area (Å²) in [7, 11) is 1.96. The molecule has 21 heavy (non-hydrogen) atoms. The molecule has 7 nitrogen and oxygen atoms in total. The number of nitrogens with two attached hydrogens (primary N) is 1. The number of ether oxygens (including phenoxy) is 1. The molecule has 1 aromatic rings. The molecule has 2 N–H and O–H groups in total. The van der Waals surface area contributed by atoms with Crippen LogP contribution in [0.15, 0.2) is 12.1 Å². The molecule has 0 bridgehead atoms. The van der Waals surface area contributed by atoms with Gasteiger partial charge in [-0.3, -0.25) is 9.69 Å². The summed E-state index contributed by atoms with van der Waals surface area (Å²) in [6.07, 6.45) is 0.544. The number of anilines is 1. The maximum absolute atomic E-state index is 11.0. The van der Waals surface area contributed by atoms with Gasteiger partial charge in [-0.25, -0.2) is 0 Å². The third kappa shape index (κ3) is 4.37. The Bertz CT molecular complexity index is 469. The van der Waals surface area contributed by atoms with Gasteiger partial charge in [0.05, 0.1) is 12.2 Å². The highest BCUT2D eigenvalue weighted by atomic mass is 16.5. The first kappa shape index (κ1) is 15.7. The fraction of sp³-hybridized carbons (Fsp3) is 0.643. The predicted octanol–water partition coefficient (Wildman–Crippen LogP) is 0.121. The first-order chi connectivity index (χ1) is 9.95. The summed E-state index contributed by atoms with van der Waals surface area (Å²) in [6.45, 7) is 7.87. The smallest absolute Gasteiger partial charge is 0.269 e. The molecular weight excluding hydrogens is 270 g/mol. The van der Waals surface area contributed by atoms with E-state index in [4.69, 9.17) is 10.5 Å². The molecule has 2 atom stereocenters. The van der Waals surface area contributed by atoms with Crippen LogP contribution in [0, 0.1) is 0 Å². The molecule has 0 unspecified atom stereocenters. The summed E-state index contributed by atoms with van der Waals surface area (Å²) in [5.74, 6) is 0.169. The zero-order valence-corrected chi connectivity index (χ0v) is 12.8. The third-order valence-corrected chi connectivity index (χ3v) is 3.54. The van der Waals surface area contributed by atoms with Crippen molar-refractivity contribution in [2.75, 3.05) is 38.1 Å². The molecular formula is C14H23N5O2. The van der Waals surface area contributed by atoms with E-state index in [1.807, 2.05) is 11.9 Å². The monoisotopic (exact) mass is 293 g/mol. The summed E-state index contributed by atoms with van der Waals surface area (Å²) in [5.41, 5.74) is 5.33. The normalized spacial score (nSPS) is 23.0. The molecule has 1 fully saturated rings. The Balaban J connectivity index is 1.86. The Morgan fingerprint density at radius 1 is 1.38 bits per heavy atom. The molecule has 1 aliphatic heterocycles. The quantitative estimate of drug-likeness (QED) is 0.830. The van der Waals surface area contributed by atoms with Crippen LogP contribution >= 0.6 is 0 Å². The van der Waals surface area contributed by atoms with Gasteiger partial charge in [-0.15, -0.1) is 10.2 Å². The molecule has 0 radical (unpaired) electrons. The Kier molecular flexibility index (Phi) is 5.08. The highest BCUT2D eigenvalue weighted by Gasteiger charge is 2.22. The van der Waals surface area contributed by atoms with Gasteiger partial charge in [0, 0.05) is 33.2 Å². The van der Waals surface area contributed by atoms with Crippen molar-refractivity contribution < 1.29 is 9.53 Å². The van der Waals surface area contributed by atoms with Crippen LogP contribution in [0.2, 0.25) is 0 Å². The van der Waals surface area contributed by atoms with Crippen LogP contribution in [0.1, 0.15) is 24.3 Å². The van der Waals surface area contributed by atoms with Gasteiger partial charge in [0.2, 0.25) is 0 Å². The number of aromatic nitrogens is 2. The van der Waals surface area contributed by atoms with Crippen LogP contribution in [0.25, 0.3) is 0 Å². The van der Waals surface area contributed by atoms with E-state index in [2.05, 4.69) is 28.9 Å². The number of likely N-dealkylation sites (N-methyl/N-ethyl adjacent to an activating group) is 1. The van der Waals surface area contributed by atoms with Gasteiger partial charge < -0.3 is 15.4 Å². The molecule has 0 aliphatic carbocycles. The second kappa shape index (κ2) is 6.82. The fourth-order valence-electron chi connectivity index (χ4n) is 2.53. The lowest BCUT2D eigenvalue weighted by atomic mass is 10.2. The van der Waals surface area contributed by atoms with Gasteiger partial charge in [0.15, 0.2) is 11.5 Å². The van der Waals surface area contributed by atoms with E-state index in [1.165, 1.54) is 0 Å². The number of primary amides is 1. The predicted molar refractivity (Wildman–Crippen MR) is 80.3 cm³/mol. The highest BCUT2D eigenvalue weighted by molar-refractivity contribution is 5.90. The lowest BCUT2D eigenvalue weighted by Gasteiger charge is -2.36. The standard InChI is InChI=1S/C14H23N5O2/c1-10-8-19(9-11(2)21-10)7-6-18(3)13-5-4-12(14(15)20)16-17-13/h4-5,10-11H,6-9H2,1-3H3,(H2,15,20)/t10-,11+. The third-order valence-electron chi connectivity index (χ3n) is 3.54. The summed E-state index contributed by atoms with van der Waals surface area (Å²) in [6, 6.07) is 3.36. The second-order valence-electron chi connectivity index (χ2n) is 5.58. The van der Waals surface area contributed by atoms with Crippen molar-refractivity contribution in [3.05, 3.63) is 17.8 Å². The second-order valence-corrected chi connectivity index (χ2v) is 5.58. The van der Waals surface area contributed by atoms with Crippen molar-refractivity contribution in [3.8, 4) is 0 Å². The van der Waals surface area contributed by atoms with E-state index in [0.29, 0.717) is 0 Å². The minimum atomic E-state index is -0.562. The van der Waals surface area contributed by atoms with Gasteiger partial charge >= 0.3 is 0 Å². The first-order valence-electron chi connectivity index (χ1n) is 7.18. The Morgan fingerprint density at radius 3 is 2.57 bits per heavy atom. The lowest BCUT2D eigenvalue weighted by molar-refractivity contribution is -0.0670. The number of amides is 1. The molecule has 1 aliphatic rings. The Morgan fingerprint density at radius 2 is 2.05 bits per heavy atom. The minimum Gasteiger partial charge on any atom is -0.373 e. The molecule has 116 valence electrons. The molecule has 0 saturated carbocycles. The highest BCUT2D eigenvalue weighted by Crippen LogP contribution is 2.12. The largest absolute Gasteiger partial charge is 0.373 e. The van der Waals surface area contributed by atoms with Gasteiger partial charge in [0.1, 0.15) is 0 Å². The first-order valence-corrected chi connectivity index (χ1v) is 7.18. The van der Waals surface area contributed by atoms with Crippen LogP contribution in [0.3, 0.4) is 0 Å². The molecule has 2 rings (SSSR count). The van der Waals surface area contributed by atoms with Crippen LogP contribution in [-0.2, 0) is 4.74 Å². The molecule has 1 saturated heterocycles. The van der Waals surface area contributed by atoms with E-state index in [-0.39, 0.29) is 17.9 Å². The lowest BCUT2D eigenvalue weighted by Crippen LogP contribution is -2.47. The maximum atomic E-state index is 11.0. The number of nitrogens with zero attached hydrogens (tertiary/aromatic N) is 4. The maximum Gasteiger partial charge on any atom is 0.269 e. The average molecular weight is 293 g/mol. The molecule has 1 amide bonds. The van der Waals surface area contributed by atoms with Crippen molar-refractivity contribution in [2.24, 2.45) is 5.73 Å². The number of hydrogen-bond donors (Lipinski definition) is 1. The van der Waals surface area contributed by atoms with Crippen LogP contribution in [0.4, 0.5) is 5.82 Å². The molecule has 1 aromatic heterocycles. The zero-order valence-electron chi connectivity index (χ0n) is 12.8. The summed E-state index contributed by atoms with van der Waals surface area (Å²) >= 11 is 0. The van der Waals surface area contributed by atoms with Crippen molar-refractivity contribution in [2.45, 2.75) is 26.1 Å². The topological polar surface area (TPSA) is 84.6 Å². The van der Waals surface area contributed by atoms with E-state index < -0.39 is 5.91 Å². The summed E-state index contributed by atoms with van der Waals surface area (Å²) in [4.78, 5) is 15.4. The number of morpholine rings is 1. The molecule has 2 heterocycles. The van der Waals surface area contributed by atoms with E-state index in [9.17, 15) is 4.79 Å². The van der Waals surface area contributed by atoms with Gasteiger partial charge in [-0.1, -0.05) is 0 Å². The van der Waals surface area contributed by atoms with Gasteiger partial charge in [-0.05, 0) is 26.0 Å². The van der Waals surface area contributed by atoms with Crippen molar-refractivity contribution in [1.82, 2.24) is 15.1 Å². The number of hydrogen-bond acceptors (Lipinski definition) is 6. The Hall–Kier alpha value is -1.73. The summed E-state index contributed by atoms with van der Waals surface area (Å²) < 4.78 is 5.72. The number of carbonyl (C=O) groups excluding carboxylic acids is 1. The van der Waals surface area contributed by atoms with Gasteiger partial charge in [-0.2, -0.15) is 0 Å². The molecule has 0 spiro atoms. The SMILES string of the molecule is C[C@@H]1CN(CCN(C)c2ccc(C(N)=O)nn2)C[C@H](C)O1. The van der Waals surface area contributed by atoms with E-state index >= 15 is 0 Å². The average Bonchev–Trinajstić information content (AvgIpc) is 2.44. The Labute approximate surface area is 125 Å². The van der Waals surface area contributed by atoms with E-state index in [0.717, 1.165) is 32.0 Å². The van der Waals surface area contributed by atoms with Crippen LogP contribution in [-0.4, -0.2) is 66.4 Å². The fourth-order valence-corrected chi connectivity index (χ4v) is 2.53. The number of rotatable bonds is 5. The van der Waals surface area contributed by atoms with Crippen LogP contribution in [0.5, 0.6) is 0 Å². The van der Waals surface area contributed by atoms with Gasteiger partial charge in [0.25, 0.3) is 5.91 Å². The summed E-state index contributed by atoms with van der Waals surface area (Å²) in [5, 5.41) is 7.84. The van der Waals surface area contributed by atoms with E-state index in [1.54, 1.807) is 12.1 Å². The molecule has 0 aromatic carbocycles. The van der Waals surface area contributed by atoms with Crippen molar-refractivity contribution >= 4 is 11.7 Å². The number of carbonyl (C=O) groups is 1.